The Morgan fingerprint density at radius 3 is 2.38 bits per heavy atom. The number of halogens is 1. The Labute approximate surface area is 197 Å². The van der Waals surface area contributed by atoms with Gasteiger partial charge in [0.25, 0.3) is 0 Å². The smallest absolute Gasteiger partial charge is 0.239 e. The van der Waals surface area contributed by atoms with E-state index in [1.165, 1.54) is 0 Å². The number of fused-ring (bicyclic) bond motifs is 1. The Balaban J connectivity index is 0.000000243. The van der Waals surface area contributed by atoms with Gasteiger partial charge < -0.3 is 5.32 Å². The zero-order chi connectivity index (χ0) is 23.7. The lowest BCUT2D eigenvalue weighted by molar-refractivity contribution is -0.133. The number of piperazine rings is 1. The van der Waals surface area contributed by atoms with Gasteiger partial charge in [-0.3, -0.25) is 14.5 Å². The molecular formula is C24H30BrN5O2. The number of carbonyl (C=O) groups is 2. The predicted molar refractivity (Wildman–Crippen MR) is 130 cm³/mol. The number of aromatic nitrogens is 3. The van der Waals surface area contributed by atoms with Gasteiger partial charge in [-0.2, -0.15) is 5.10 Å². The van der Waals surface area contributed by atoms with E-state index in [0.717, 1.165) is 46.3 Å². The van der Waals surface area contributed by atoms with Crippen LogP contribution in [0.1, 0.15) is 50.7 Å². The third-order valence-electron chi connectivity index (χ3n) is 5.76. The molecule has 0 spiro atoms. The van der Waals surface area contributed by atoms with Gasteiger partial charge in [-0.05, 0) is 44.5 Å². The first kappa shape index (κ1) is 24.1. The molecule has 2 aromatic heterocycles. The molecule has 1 fully saturated rings. The van der Waals surface area contributed by atoms with Crippen LogP contribution in [-0.2, 0) is 10.2 Å². The standard InChI is InChI=1S/C17H16BrN3O.C7H14N2O/c1-17(2,3)14-8-15(11-4-6-12(18)7-5-11)20-21-9-13(10-22)19-16(14)21;1-7(2)6(10)8-4-5-9(7)3/h4-10H,1-3H3;4-5H2,1-3H3,(H,8,10). The fraction of sp³-hybridized carbons (Fsp3) is 0.417. The van der Waals surface area contributed by atoms with Crippen LogP contribution in [0.3, 0.4) is 0 Å². The predicted octanol–water partition coefficient (Wildman–Crippen LogP) is 4.10. The molecule has 32 heavy (non-hydrogen) atoms. The normalized spacial score (nSPS) is 16.3. The van der Waals surface area contributed by atoms with Crippen molar-refractivity contribution in [2.75, 3.05) is 20.1 Å². The van der Waals surface area contributed by atoms with Crippen LogP contribution >= 0.6 is 15.9 Å². The number of carbonyl (C=O) groups excluding carboxylic acids is 2. The second-order valence-corrected chi connectivity index (χ2v) is 10.4. The second-order valence-electron chi connectivity index (χ2n) is 9.49. The minimum atomic E-state index is -0.321. The average Bonchev–Trinajstić information content (AvgIpc) is 3.15. The van der Waals surface area contributed by atoms with Crippen LogP contribution in [0.15, 0.2) is 41.0 Å². The first-order chi connectivity index (χ1) is 14.9. The number of hydrogen-bond acceptors (Lipinski definition) is 5. The van der Waals surface area contributed by atoms with Crippen molar-refractivity contribution in [2.45, 2.75) is 45.6 Å². The highest BCUT2D eigenvalue weighted by atomic mass is 79.9. The molecule has 3 heterocycles. The van der Waals surface area contributed by atoms with E-state index in [0.29, 0.717) is 5.69 Å². The first-order valence-corrected chi connectivity index (χ1v) is 11.3. The van der Waals surface area contributed by atoms with E-state index in [1.54, 1.807) is 10.7 Å². The molecule has 0 radical (unpaired) electrons. The number of benzene rings is 1. The van der Waals surface area contributed by atoms with Crippen LogP contribution < -0.4 is 5.32 Å². The molecule has 1 saturated heterocycles. The Kier molecular flexibility index (Phi) is 6.86. The Morgan fingerprint density at radius 2 is 1.84 bits per heavy atom. The lowest BCUT2D eigenvalue weighted by Crippen LogP contribution is -2.60. The maximum Gasteiger partial charge on any atom is 0.239 e. The molecule has 1 aliphatic heterocycles. The maximum atomic E-state index is 11.2. The lowest BCUT2D eigenvalue weighted by Gasteiger charge is -2.38. The first-order valence-electron chi connectivity index (χ1n) is 10.5. The van der Waals surface area contributed by atoms with Crippen molar-refractivity contribution in [3.8, 4) is 11.3 Å². The summed E-state index contributed by atoms with van der Waals surface area (Å²) in [5, 5.41) is 7.42. The second kappa shape index (κ2) is 9.11. The summed E-state index contributed by atoms with van der Waals surface area (Å²) in [5.74, 6) is 0.126. The molecule has 0 aliphatic carbocycles. The minimum Gasteiger partial charge on any atom is -0.353 e. The van der Waals surface area contributed by atoms with E-state index in [-0.39, 0.29) is 16.9 Å². The van der Waals surface area contributed by atoms with Gasteiger partial charge in [0, 0.05) is 28.7 Å². The maximum absolute atomic E-state index is 11.2. The lowest BCUT2D eigenvalue weighted by atomic mass is 9.87. The minimum absolute atomic E-state index is 0.0974. The summed E-state index contributed by atoms with van der Waals surface area (Å²) in [6, 6.07) is 10.1. The van der Waals surface area contributed by atoms with Crippen LogP contribution in [-0.4, -0.2) is 57.4 Å². The van der Waals surface area contributed by atoms with Gasteiger partial charge in [-0.1, -0.05) is 48.8 Å². The number of aldehydes is 1. The van der Waals surface area contributed by atoms with Crippen molar-refractivity contribution in [2.24, 2.45) is 0 Å². The molecule has 1 amide bonds. The molecule has 8 heteroatoms. The van der Waals surface area contributed by atoms with Gasteiger partial charge in [0.2, 0.25) is 5.91 Å². The Hall–Kier alpha value is -2.58. The fourth-order valence-corrected chi connectivity index (χ4v) is 3.64. The summed E-state index contributed by atoms with van der Waals surface area (Å²) in [6.45, 7) is 12.0. The van der Waals surface area contributed by atoms with E-state index >= 15 is 0 Å². The highest BCUT2D eigenvalue weighted by Crippen LogP contribution is 2.30. The summed E-state index contributed by atoms with van der Waals surface area (Å²) in [6.07, 6.45) is 2.42. The number of nitrogens with one attached hydrogen (secondary N) is 1. The third kappa shape index (κ3) is 5.07. The number of hydrogen-bond donors (Lipinski definition) is 1. The summed E-state index contributed by atoms with van der Waals surface area (Å²) < 4.78 is 2.72. The van der Waals surface area contributed by atoms with Gasteiger partial charge in [-0.25, -0.2) is 9.50 Å². The van der Waals surface area contributed by atoms with Gasteiger partial charge in [-0.15, -0.1) is 0 Å². The van der Waals surface area contributed by atoms with Crippen LogP contribution in [0, 0.1) is 0 Å². The molecule has 4 rings (SSSR count). The van der Waals surface area contributed by atoms with Crippen LogP contribution in [0.25, 0.3) is 16.9 Å². The molecule has 1 N–H and O–H groups in total. The van der Waals surface area contributed by atoms with E-state index in [4.69, 9.17) is 0 Å². The Morgan fingerprint density at radius 1 is 1.19 bits per heavy atom. The topological polar surface area (TPSA) is 79.6 Å². The van der Waals surface area contributed by atoms with Crippen molar-refractivity contribution in [1.29, 1.82) is 0 Å². The van der Waals surface area contributed by atoms with Crippen LogP contribution in [0.4, 0.5) is 0 Å². The molecule has 170 valence electrons. The molecule has 0 bridgehead atoms. The number of imidazole rings is 1. The quantitative estimate of drug-likeness (QED) is 0.537. The molecule has 0 saturated carbocycles. The largest absolute Gasteiger partial charge is 0.353 e. The molecule has 7 nitrogen and oxygen atoms in total. The highest BCUT2D eigenvalue weighted by molar-refractivity contribution is 9.10. The molecule has 1 aromatic carbocycles. The monoisotopic (exact) mass is 499 g/mol. The van der Waals surface area contributed by atoms with Gasteiger partial charge >= 0.3 is 0 Å². The summed E-state index contributed by atoms with van der Waals surface area (Å²) >= 11 is 3.44. The zero-order valence-electron chi connectivity index (χ0n) is 19.4. The van der Waals surface area contributed by atoms with Gasteiger partial charge in [0.1, 0.15) is 5.69 Å². The summed E-state index contributed by atoms with van der Waals surface area (Å²) in [5.41, 5.74) is 3.66. The summed E-state index contributed by atoms with van der Waals surface area (Å²) in [4.78, 5) is 28.6. The Bertz CT molecular complexity index is 1130. The van der Waals surface area contributed by atoms with E-state index in [2.05, 4.69) is 63.1 Å². The number of nitrogens with zero attached hydrogens (tertiary/aromatic N) is 4. The number of likely N-dealkylation sites (N-methyl/N-ethyl adjacent to an activating group) is 1. The average molecular weight is 500 g/mol. The van der Waals surface area contributed by atoms with E-state index in [9.17, 15) is 9.59 Å². The molecule has 3 aromatic rings. The van der Waals surface area contributed by atoms with Crippen LogP contribution in [0.5, 0.6) is 0 Å². The highest BCUT2D eigenvalue weighted by Gasteiger charge is 2.34. The van der Waals surface area contributed by atoms with Crippen molar-refractivity contribution < 1.29 is 9.59 Å². The molecular weight excluding hydrogens is 470 g/mol. The molecule has 0 atom stereocenters. The van der Waals surface area contributed by atoms with Crippen molar-refractivity contribution in [1.82, 2.24) is 24.8 Å². The SMILES string of the molecule is CC(C)(C)c1cc(-c2ccc(Br)cc2)nn2cc(C=O)nc12.CN1CCNC(=O)C1(C)C. The number of amides is 1. The van der Waals surface area contributed by atoms with E-state index in [1.807, 2.05) is 45.2 Å². The number of rotatable bonds is 2. The van der Waals surface area contributed by atoms with Crippen LogP contribution in [0.2, 0.25) is 0 Å². The van der Waals surface area contributed by atoms with Gasteiger partial charge in [0.15, 0.2) is 11.9 Å². The molecule has 0 unspecified atom stereocenters. The van der Waals surface area contributed by atoms with E-state index < -0.39 is 0 Å². The van der Waals surface area contributed by atoms with Gasteiger partial charge in [0.05, 0.1) is 17.4 Å². The fourth-order valence-electron chi connectivity index (χ4n) is 3.37. The van der Waals surface area contributed by atoms with Crippen molar-refractivity contribution >= 4 is 33.8 Å². The van der Waals surface area contributed by atoms with Crippen molar-refractivity contribution in [3.63, 3.8) is 0 Å². The van der Waals surface area contributed by atoms with Crippen molar-refractivity contribution in [3.05, 3.63) is 52.3 Å². The zero-order valence-corrected chi connectivity index (χ0v) is 21.0. The third-order valence-corrected chi connectivity index (χ3v) is 6.28. The summed E-state index contributed by atoms with van der Waals surface area (Å²) in [7, 11) is 1.97. The molecule has 1 aliphatic rings.